The van der Waals surface area contributed by atoms with Gasteiger partial charge in [-0.15, -0.1) is 0 Å². The molecule has 0 radical (unpaired) electrons. The van der Waals surface area contributed by atoms with Crippen molar-refractivity contribution in [1.29, 1.82) is 5.26 Å². The third-order valence-corrected chi connectivity index (χ3v) is 6.12. The average Bonchev–Trinajstić information content (AvgIpc) is 2.65. The van der Waals surface area contributed by atoms with Crippen LogP contribution in [0.5, 0.6) is 0 Å². The molecule has 25 heavy (non-hydrogen) atoms. The molecule has 1 saturated heterocycles. The van der Waals surface area contributed by atoms with Crippen LogP contribution < -0.4 is 5.32 Å². The molecule has 8 heteroatoms. The monoisotopic (exact) mass is 364 g/mol. The molecule has 136 valence electrons. The summed E-state index contributed by atoms with van der Waals surface area (Å²) in [6.45, 7) is 4.03. The van der Waals surface area contributed by atoms with E-state index >= 15 is 0 Å². The van der Waals surface area contributed by atoms with E-state index < -0.39 is 10.0 Å². The zero-order valence-electron chi connectivity index (χ0n) is 14.4. The molecule has 0 saturated carbocycles. The second-order valence-electron chi connectivity index (χ2n) is 5.97. The smallest absolute Gasteiger partial charge is 0.317 e. The molecule has 0 bridgehead atoms. The summed E-state index contributed by atoms with van der Waals surface area (Å²) < 4.78 is 26.6. The lowest BCUT2D eigenvalue weighted by molar-refractivity contribution is 0.172. The van der Waals surface area contributed by atoms with Crippen molar-refractivity contribution in [3.63, 3.8) is 0 Å². The van der Waals surface area contributed by atoms with Gasteiger partial charge in [-0.1, -0.05) is 19.8 Å². The standard InChI is InChI=1S/C17H24N4O3S/c1-2-3-4-9-19-17(22)20-10-12-21(13-11-20)25(23,24)16-7-5-15(14-18)6-8-16/h5-8H,2-4,9-13H2,1H3,(H,19,22). The Morgan fingerprint density at radius 1 is 1.16 bits per heavy atom. The highest BCUT2D eigenvalue weighted by Crippen LogP contribution is 2.18. The van der Waals surface area contributed by atoms with Gasteiger partial charge in [0.15, 0.2) is 0 Å². The Morgan fingerprint density at radius 3 is 2.36 bits per heavy atom. The van der Waals surface area contributed by atoms with E-state index in [1.807, 2.05) is 6.07 Å². The number of carbonyl (C=O) groups is 1. The van der Waals surface area contributed by atoms with Crippen LogP contribution in [0.25, 0.3) is 0 Å². The van der Waals surface area contributed by atoms with Gasteiger partial charge >= 0.3 is 6.03 Å². The van der Waals surface area contributed by atoms with Crippen LogP contribution in [0.3, 0.4) is 0 Å². The van der Waals surface area contributed by atoms with Crippen LogP contribution in [-0.2, 0) is 10.0 Å². The van der Waals surface area contributed by atoms with Crippen molar-refractivity contribution in [2.24, 2.45) is 0 Å². The van der Waals surface area contributed by atoms with Crippen molar-refractivity contribution in [2.45, 2.75) is 31.1 Å². The van der Waals surface area contributed by atoms with E-state index in [9.17, 15) is 13.2 Å². The number of nitrogens with zero attached hydrogens (tertiary/aromatic N) is 3. The number of urea groups is 1. The molecule has 0 spiro atoms. The van der Waals surface area contributed by atoms with E-state index in [2.05, 4.69) is 12.2 Å². The Balaban J connectivity index is 1.90. The Labute approximate surface area is 149 Å². The maximum absolute atomic E-state index is 12.6. The fraction of sp³-hybridized carbons (Fsp3) is 0.529. The van der Waals surface area contributed by atoms with Gasteiger partial charge in [-0.2, -0.15) is 9.57 Å². The highest BCUT2D eigenvalue weighted by Gasteiger charge is 2.29. The lowest BCUT2D eigenvalue weighted by Gasteiger charge is -2.34. The first-order valence-corrected chi connectivity index (χ1v) is 9.96. The number of amides is 2. The van der Waals surface area contributed by atoms with E-state index in [1.165, 1.54) is 28.6 Å². The Bertz CT molecular complexity index is 717. The van der Waals surface area contributed by atoms with E-state index in [4.69, 9.17) is 5.26 Å². The molecule has 2 rings (SSSR count). The lowest BCUT2D eigenvalue weighted by atomic mass is 10.2. The summed E-state index contributed by atoms with van der Waals surface area (Å²) in [7, 11) is -3.59. The molecular weight excluding hydrogens is 340 g/mol. The minimum absolute atomic E-state index is 0.133. The fourth-order valence-corrected chi connectivity index (χ4v) is 4.09. The van der Waals surface area contributed by atoms with Gasteiger partial charge in [0.2, 0.25) is 10.0 Å². The zero-order chi connectivity index (χ0) is 18.3. The second-order valence-corrected chi connectivity index (χ2v) is 7.90. The highest BCUT2D eigenvalue weighted by molar-refractivity contribution is 7.89. The summed E-state index contributed by atoms with van der Waals surface area (Å²) in [5, 5.41) is 11.7. The number of carbonyl (C=O) groups excluding carboxylic acids is 1. The van der Waals surface area contributed by atoms with Crippen LogP contribution in [0.4, 0.5) is 4.79 Å². The average molecular weight is 364 g/mol. The molecule has 0 unspecified atom stereocenters. The number of rotatable bonds is 6. The number of benzene rings is 1. The Hall–Kier alpha value is -2.11. The van der Waals surface area contributed by atoms with E-state index in [1.54, 1.807) is 4.90 Å². The van der Waals surface area contributed by atoms with Gasteiger partial charge in [-0.05, 0) is 30.7 Å². The maximum atomic E-state index is 12.6. The van der Waals surface area contributed by atoms with Gasteiger partial charge in [-0.25, -0.2) is 13.2 Å². The normalized spacial score (nSPS) is 15.6. The van der Waals surface area contributed by atoms with Crippen molar-refractivity contribution in [2.75, 3.05) is 32.7 Å². The van der Waals surface area contributed by atoms with Crippen molar-refractivity contribution in [3.8, 4) is 6.07 Å². The molecule has 7 nitrogen and oxygen atoms in total. The minimum atomic E-state index is -3.59. The third kappa shape index (κ3) is 4.94. The maximum Gasteiger partial charge on any atom is 0.317 e. The summed E-state index contributed by atoms with van der Waals surface area (Å²) in [5.74, 6) is 0. The number of hydrogen-bond acceptors (Lipinski definition) is 4. The summed E-state index contributed by atoms with van der Waals surface area (Å²) in [5.41, 5.74) is 0.420. The molecule has 1 fully saturated rings. The Kier molecular flexibility index (Phi) is 6.79. The fourth-order valence-electron chi connectivity index (χ4n) is 2.66. The highest BCUT2D eigenvalue weighted by atomic mass is 32.2. The van der Waals surface area contributed by atoms with Gasteiger partial charge in [0.1, 0.15) is 0 Å². The first kappa shape index (κ1) is 19.2. The van der Waals surface area contributed by atoms with Crippen LogP contribution >= 0.6 is 0 Å². The first-order chi connectivity index (χ1) is 12.0. The third-order valence-electron chi connectivity index (χ3n) is 4.20. The van der Waals surface area contributed by atoms with Crippen molar-refractivity contribution < 1.29 is 13.2 Å². The summed E-state index contributed by atoms with van der Waals surface area (Å²) >= 11 is 0. The van der Waals surface area contributed by atoms with Crippen molar-refractivity contribution in [1.82, 2.24) is 14.5 Å². The Morgan fingerprint density at radius 2 is 1.80 bits per heavy atom. The topological polar surface area (TPSA) is 93.5 Å². The van der Waals surface area contributed by atoms with Gasteiger partial charge in [0, 0.05) is 32.7 Å². The van der Waals surface area contributed by atoms with Gasteiger partial charge in [0.25, 0.3) is 0 Å². The molecule has 2 amide bonds. The molecule has 1 aliphatic rings. The molecule has 1 N–H and O–H groups in total. The summed E-state index contributed by atoms with van der Waals surface area (Å²) in [4.78, 5) is 13.9. The molecule has 0 aromatic heterocycles. The number of nitrogens with one attached hydrogen (secondary N) is 1. The predicted octanol–water partition coefficient (Wildman–Crippen LogP) is 1.76. The predicted molar refractivity (Wildman–Crippen MR) is 94.4 cm³/mol. The van der Waals surface area contributed by atoms with Gasteiger partial charge < -0.3 is 10.2 Å². The van der Waals surface area contributed by atoms with E-state index in [0.717, 1.165) is 19.3 Å². The molecule has 0 aliphatic carbocycles. The molecule has 1 aromatic carbocycles. The van der Waals surface area contributed by atoms with E-state index in [-0.39, 0.29) is 24.0 Å². The van der Waals surface area contributed by atoms with E-state index in [0.29, 0.717) is 25.2 Å². The van der Waals surface area contributed by atoms with Gasteiger partial charge in [-0.3, -0.25) is 0 Å². The quantitative estimate of drug-likeness (QED) is 0.779. The minimum Gasteiger partial charge on any atom is -0.338 e. The van der Waals surface area contributed by atoms with Crippen LogP contribution in [0.2, 0.25) is 0 Å². The number of nitriles is 1. The molecule has 1 aliphatic heterocycles. The molecule has 0 atom stereocenters. The molecular formula is C17H24N4O3S. The van der Waals surface area contributed by atoms with Crippen molar-refractivity contribution >= 4 is 16.1 Å². The molecule has 1 heterocycles. The second kappa shape index (κ2) is 8.83. The van der Waals surface area contributed by atoms with Gasteiger partial charge in [0.05, 0.1) is 16.5 Å². The number of sulfonamides is 1. The van der Waals surface area contributed by atoms with Crippen LogP contribution in [0.15, 0.2) is 29.2 Å². The molecule has 1 aromatic rings. The summed E-state index contributed by atoms with van der Waals surface area (Å²) in [6.07, 6.45) is 3.13. The van der Waals surface area contributed by atoms with Crippen LogP contribution in [0.1, 0.15) is 31.7 Å². The summed E-state index contributed by atoms with van der Waals surface area (Å²) in [6, 6.07) is 7.71. The number of hydrogen-bond donors (Lipinski definition) is 1. The zero-order valence-corrected chi connectivity index (χ0v) is 15.3. The first-order valence-electron chi connectivity index (χ1n) is 8.52. The number of piperazine rings is 1. The van der Waals surface area contributed by atoms with Crippen LogP contribution in [0, 0.1) is 11.3 Å². The lowest BCUT2D eigenvalue weighted by Crippen LogP contribution is -2.53. The van der Waals surface area contributed by atoms with Crippen LogP contribution in [-0.4, -0.2) is 56.4 Å². The van der Waals surface area contributed by atoms with Crippen molar-refractivity contribution in [3.05, 3.63) is 29.8 Å². The number of unbranched alkanes of at least 4 members (excludes halogenated alkanes) is 2. The SMILES string of the molecule is CCCCCNC(=O)N1CCN(S(=O)(=O)c2ccc(C#N)cc2)CC1. The largest absolute Gasteiger partial charge is 0.338 e.